The molecular formula is C17H20N5O4S+. The van der Waals surface area contributed by atoms with Crippen LogP contribution in [0.4, 0.5) is 11.4 Å². The highest BCUT2D eigenvalue weighted by atomic mass is 32.1. The topological polar surface area (TPSA) is 100 Å². The lowest BCUT2D eigenvalue weighted by Crippen LogP contribution is -3.14. The Morgan fingerprint density at radius 3 is 2.85 bits per heavy atom. The molecule has 2 saturated heterocycles. The maximum atomic E-state index is 13.3. The summed E-state index contributed by atoms with van der Waals surface area (Å²) in [5, 5.41) is 14.0. The zero-order valence-electron chi connectivity index (χ0n) is 15.0. The molecule has 3 atom stereocenters. The number of anilines is 1. The average molecular weight is 390 g/mol. The van der Waals surface area contributed by atoms with Crippen molar-refractivity contribution >= 4 is 40.5 Å². The van der Waals surface area contributed by atoms with Gasteiger partial charge in [0.15, 0.2) is 10.5 Å². The van der Waals surface area contributed by atoms with Crippen molar-refractivity contribution in [1.29, 1.82) is 0 Å². The van der Waals surface area contributed by atoms with E-state index in [-0.39, 0.29) is 29.2 Å². The molecule has 1 spiro atoms. The van der Waals surface area contributed by atoms with Crippen LogP contribution in [0.15, 0.2) is 18.2 Å². The van der Waals surface area contributed by atoms with Crippen LogP contribution in [0.3, 0.4) is 0 Å². The van der Waals surface area contributed by atoms with Crippen molar-refractivity contribution < 1.29 is 19.4 Å². The first-order chi connectivity index (χ1) is 12.8. The Bertz CT molecular complexity index is 890. The molecule has 0 aromatic heterocycles. The van der Waals surface area contributed by atoms with Crippen molar-refractivity contribution in [3.63, 3.8) is 0 Å². The lowest BCUT2D eigenvalue weighted by molar-refractivity contribution is -0.883. The van der Waals surface area contributed by atoms with Crippen LogP contribution in [-0.2, 0) is 16.0 Å². The molecule has 0 aliphatic carbocycles. The number of hydrogen-bond donors (Lipinski definition) is 2. The van der Waals surface area contributed by atoms with E-state index in [0.717, 1.165) is 12.2 Å². The number of thiocarbonyl (C=S) groups is 1. The van der Waals surface area contributed by atoms with Crippen LogP contribution in [0.1, 0.15) is 5.56 Å². The molecular weight excluding hydrogens is 370 g/mol. The maximum Gasteiger partial charge on any atom is 0.269 e. The van der Waals surface area contributed by atoms with Crippen molar-refractivity contribution in [2.24, 2.45) is 5.41 Å². The van der Waals surface area contributed by atoms with E-state index < -0.39 is 16.2 Å². The molecule has 27 heavy (non-hydrogen) atoms. The third kappa shape index (κ3) is 2.43. The van der Waals surface area contributed by atoms with Gasteiger partial charge in [-0.25, -0.2) is 0 Å². The average Bonchev–Trinajstić information content (AvgIpc) is 2.64. The largest absolute Gasteiger partial charge is 0.355 e. The smallest absolute Gasteiger partial charge is 0.269 e. The lowest BCUT2D eigenvalue weighted by atomic mass is 9.67. The number of nitrogens with one attached hydrogen (secondary N) is 2. The number of hydrogen-bond acceptors (Lipinski definition) is 6. The number of quaternary nitrogens is 1. The Morgan fingerprint density at radius 1 is 1.41 bits per heavy atom. The van der Waals surface area contributed by atoms with E-state index in [0.29, 0.717) is 18.7 Å². The number of likely N-dealkylation sites (N-methyl/N-ethyl adjacent to an activating group) is 1. The number of nitrogens with zero attached hydrogens (tertiary/aromatic N) is 3. The lowest BCUT2D eigenvalue weighted by Gasteiger charge is -2.53. The minimum atomic E-state index is -1.35. The quantitative estimate of drug-likeness (QED) is 0.268. The molecule has 2 amide bonds. The normalized spacial score (nSPS) is 30.1. The molecule has 2 fully saturated rings. The van der Waals surface area contributed by atoms with E-state index in [4.69, 9.17) is 12.2 Å². The van der Waals surface area contributed by atoms with Gasteiger partial charge in [0.2, 0.25) is 11.8 Å². The van der Waals surface area contributed by atoms with Crippen LogP contribution in [0.2, 0.25) is 0 Å². The van der Waals surface area contributed by atoms with Crippen molar-refractivity contribution in [3.05, 3.63) is 33.9 Å². The summed E-state index contributed by atoms with van der Waals surface area (Å²) in [5.41, 5.74) is 0.112. The van der Waals surface area contributed by atoms with E-state index in [2.05, 4.69) is 10.2 Å². The number of amides is 2. The Morgan fingerprint density at radius 2 is 2.15 bits per heavy atom. The second-order valence-corrected chi connectivity index (χ2v) is 7.85. The number of rotatable bonds is 1. The number of fused-ring (bicyclic) bond motifs is 4. The Kier molecular flexibility index (Phi) is 3.93. The van der Waals surface area contributed by atoms with Crippen LogP contribution in [0, 0.1) is 15.5 Å². The molecule has 2 N–H and O–H groups in total. The second-order valence-electron chi connectivity index (χ2n) is 7.46. The summed E-state index contributed by atoms with van der Waals surface area (Å²) in [5.74, 6) is -0.768. The predicted molar refractivity (Wildman–Crippen MR) is 100 cm³/mol. The zero-order valence-corrected chi connectivity index (χ0v) is 15.8. The standard InChI is InChI=1S/C17H19N5O4S/c1-19-5-6-21-12-4-3-11(22(25)26)7-10(12)8-17(13(21)9-19)14(23)18-16(27)20(2)15(17)24/h3-4,7,13H,5-6,8-9H2,1-2H3,(H,18,23,27)/p+1/t13-,17+/m0/s1. The maximum absolute atomic E-state index is 13.3. The Labute approximate surface area is 161 Å². The van der Waals surface area contributed by atoms with E-state index in [1.54, 1.807) is 13.1 Å². The van der Waals surface area contributed by atoms with Crippen LogP contribution in [0.25, 0.3) is 0 Å². The summed E-state index contributed by atoms with van der Waals surface area (Å²) in [6, 6.07) is 4.35. The molecule has 9 nitrogen and oxygen atoms in total. The highest BCUT2D eigenvalue weighted by Gasteiger charge is 2.62. The summed E-state index contributed by atoms with van der Waals surface area (Å²) in [6.07, 6.45) is 0.121. The molecule has 1 aromatic carbocycles. The van der Waals surface area contributed by atoms with Crippen molar-refractivity contribution in [2.75, 3.05) is 38.6 Å². The van der Waals surface area contributed by atoms with Crippen LogP contribution >= 0.6 is 12.2 Å². The number of piperazine rings is 1. The molecule has 3 heterocycles. The van der Waals surface area contributed by atoms with Gasteiger partial charge >= 0.3 is 0 Å². The van der Waals surface area contributed by atoms with Crippen molar-refractivity contribution in [3.8, 4) is 0 Å². The SMILES string of the molecule is CN1C(=O)[C@@]2(Cc3cc([N+](=O)[O-])ccc3N3CC[NH+](C)C[C@H]32)C(=O)NC1=S. The van der Waals surface area contributed by atoms with Crippen LogP contribution < -0.4 is 15.1 Å². The zero-order chi connectivity index (χ0) is 19.5. The van der Waals surface area contributed by atoms with Gasteiger partial charge in [0.05, 0.1) is 31.6 Å². The minimum Gasteiger partial charge on any atom is -0.355 e. The summed E-state index contributed by atoms with van der Waals surface area (Å²) in [4.78, 5) is 41.8. The van der Waals surface area contributed by atoms with E-state index >= 15 is 0 Å². The molecule has 142 valence electrons. The number of carbonyl (C=O) groups excluding carboxylic acids is 2. The van der Waals surface area contributed by atoms with Gasteiger partial charge in [0, 0.05) is 31.3 Å². The fraction of sp³-hybridized carbons (Fsp3) is 0.471. The van der Waals surface area contributed by atoms with E-state index in [9.17, 15) is 19.7 Å². The van der Waals surface area contributed by atoms with Crippen LogP contribution in [-0.4, -0.2) is 66.5 Å². The number of non-ortho nitro benzene ring substituents is 1. The van der Waals surface area contributed by atoms with Crippen molar-refractivity contribution in [1.82, 2.24) is 10.2 Å². The molecule has 0 bridgehead atoms. The Balaban J connectivity index is 1.90. The van der Waals surface area contributed by atoms with Gasteiger partial charge in [-0.15, -0.1) is 0 Å². The molecule has 1 aromatic rings. The van der Waals surface area contributed by atoms with Gasteiger partial charge in [0.25, 0.3) is 5.69 Å². The van der Waals surface area contributed by atoms with Crippen LogP contribution in [0.5, 0.6) is 0 Å². The molecule has 3 aliphatic heterocycles. The molecule has 3 aliphatic rings. The minimum absolute atomic E-state index is 0.0466. The summed E-state index contributed by atoms with van der Waals surface area (Å²) < 4.78 is 0. The summed E-state index contributed by atoms with van der Waals surface area (Å²) >= 11 is 5.10. The van der Waals surface area contributed by atoms with Gasteiger partial charge in [-0.1, -0.05) is 0 Å². The third-order valence-corrected chi connectivity index (χ3v) is 6.31. The summed E-state index contributed by atoms with van der Waals surface area (Å²) in [6.45, 7) is 2.14. The third-order valence-electron chi connectivity index (χ3n) is 5.94. The fourth-order valence-corrected chi connectivity index (χ4v) is 4.67. The highest BCUT2D eigenvalue weighted by molar-refractivity contribution is 7.80. The van der Waals surface area contributed by atoms with E-state index in [1.165, 1.54) is 21.9 Å². The van der Waals surface area contributed by atoms with Gasteiger partial charge in [-0.2, -0.15) is 0 Å². The predicted octanol–water partition coefficient (Wildman–Crippen LogP) is -1.29. The second kappa shape index (κ2) is 5.96. The first-order valence-corrected chi connectivity index (χ1v) is 9.15. The van der Waals surface area contributed by atoms with E-state index in [1.807, 2.05) is 7.05 Å². The number of benzene rings is 1. The first-order valence-electron chi connectivity index (χ1n) is 8.74. The van der Waals surface area contributed by atoms with Gasteiger partial charge in [0.1, 0.15) is 6.04 Å². The number of carbonyl (C=O) groups is 2. The monoisotopic (exact) mass is 390 g/mol. The number of nitro groups is 1. The van der Waals surface area contributed by atoms with Gasteiger partial charge in [-0.05, 0) is 23.8 Å². The molecule has 4 rings (SSSR count). The fourth-order valence-electron chi connectivity index (χ4n) is 4.49. The Hall–Kier alpha value is -2.59. The highest BCUT2D eigenvalue weighted by Crippen LogP contribution is 2.45. The molecule has 1 unspecified atom stereocenters. The van der Waals surface area contributed by atoms with Gasteiger partial charge < -0.3 is 15.1 Å². The summed E-state index contributed by atoms with van der Waals surface area (Å²) in [7, 11) is 3.59. The van der Waals surface area contributed by atoms with Crippen molar-refractivity contribution in [2.45, 2.75) is 12.5 Å². The molecule has 0 saturated carbocycles. The number of nitro benzene ring substituents is 1. The first kappa shape index (κ1) is 17.8. The molecule has 10 heteroatoms. The molecule has 0 radical (unpaired) electrons. The van der Waals surface area contributed by atoms with Gasteiger partial charge in [-0.3, -0.25) is 24.6 Å².